The van der Waals surface area contributed by atoms with Gasteiger partial charge >= 0.3 is 0 Å². The predicted molar refractivity (Wildman–Crippen MR) is 115 cm³/mol. The molecule has 0 aliphatic carbocycles. The van der Waals surface area contributed by atoms with Crippen LogP contribution in [0.3, 0.4) is 0 Å². The fourth-order valence-electron chi connectivity index (χ4n) is 3.43. The molecule has 1 N–H and O–H groups in total. The van der Waals surface area contributed by atoms with E-state index in [2.05, 4.69) is 66.3 Å². The molecular weight excluding hydrogens is 352 g/mol. The zero-order chi connectivity index (χ0) is 18.8. The molecule has 0 radical (unpaired) electrons. The Kier molecular flexibility index (Phi) is 4.74. The van der Waals surface area contributed by atoms with Crippen molar-refractivity contribution in [1.29, 1.82) is 0 Å². The molecule has 134 valence electrons. The smallest absolute Gasteiger partial charge is 0.0765 e. The molecule has 3 aromatic carbocycles. The van der Waals surface area contributed by atoms with E-state index in [-0.39, 0.29) is 0 Å². The first-order valence-electron chi connectivity index (χ1n) is 8.98. The number of halogens is 1. The summed E-state index contributed by atoms with van der Waals surface area (Å²) < 4.78 is 2.20. The van der Waals surface area contributed by atoms with Crippen LogP contribution in [0.2, 0.25) is 5.02 Å². The van der Waals surface area contributed by atoms with Gasteiger partial charge in [0.15, 0.2) is 0 Å². The molecule has 1 heterocycles. The first kappa shape index (κ1) is 17.4. The third-order valence-corrected chi connectivity index (χ3v) is 4.79. The highest BCUT2D eigenvalue weighted by molar-refractivity contribution is 6.30. The molecule has 0 aliphatic heterocycles. The Labute approximate surface area is 165 Å². The number of anilines is 2. The molecule has 0 unspecified atom stereocenters. The third kappa shape index (κ3) is 3.76. The summed E-state index contributed by atoms with van der Waals surface area (Å²) in [4.78, 5) is 0. The van der Waals surface area contributed by atoms with Crippen LogP contribution < -0.4 is 5.32 Å². The average molecular weight is 373 g/mol. The Morgan fingerprint density at radius 3 is 2.11 bits per heavy atom. The number of hydrogen-bond acceptors (Lipinski definition) is 1. The standard InChI is InChI=1S/C24H21ClN2/c1-17-14-18(2)16-19(15-17)24-23(26-21-6-4-3-5-7-21)12-13-27(24)22-10-8-20(25)9-11-22/h3-16,26H,1-2H3. The van der Waals surface area contributed by atoms with Crippen LogP contribution >= 0.6 is 11.6 Å². The number of nitrogens with zero attached hydrogens (tertiary/aromatic N) is 1. The fourth-order valence-corrected chi connectivity index (χ4v) is 3.56. The van der Waals surface area contributed by atoms with Gasteiger partial charge in [0.25, 0.3) is 0 Å². The summed E-state index contributed by atoms with van der Waals surface area (Å²) in [5, 5.41) is 4.30. The van der Waals surface area contributed by atoms with Gasteiger partial charge < -0.3 is 9.88 Å². The molecule has 0 saturated heterocycles. The second-order valence-electron chi connectivity index (χ2n) is 6.79. The van der Waals surface area contributed by atoms with E-state index in [9.17, 15) is 0 Å². The SMILES string of the molecule is Cc1cc(C)cc(-c2c(Nc3ccccc3)ccn2-c2ccc(Cl)cc2)c1. The van der Waals surface area contributed by atoms with Gasteiger partial charge in [-0.1, -0.05) is 47.0 Å². The van der Waals surface area contributed by atoms with Crippen LogP contribution in [0.25, 0.3) is 16.9 Å². The highest BCUT2D eigenvalue weighted by Gasteiger charge is 2.14. The normalized spacial score (nSPS) is 10.8. The molecule has 3 heteroatoms. The molecular formula is C24H21ClN2. The van der Waals surface area contributed by atoms with Gasteiger partial charge in [0.2, 0.25) is 0 Å². The van der Waals surface area contributed by atoms with E-state index < -0.39 is 0 Å². The second kappa shape index (κ2) is 7.34. The minimum absolute atomic E-state index is 0.737. The number of aryl methyl sites for hydroxylation is 2. The Morgan fingerprint density at radius 2 is 1.44 bits per heavy atom. The summed E-state index contributed by atoms with van der Waals surface area (Å²) in [5.41, 5.74) is 8.03. The predicted octanol–water partition coefficient (Wildman–Crippen LogP) is 7.16. The molecule has 0 saturated carbocycles. The van der Waals surface area contributed by atoms with Crippen LogP contribution in [0.5, 0.6) is 0 Å². The zero-order valence-electron chi connectivity index (χ0n) is 15.4. The Morgan fingerprint density at radius 1 is 0.778 bits per heavy atom. The number of hydrogen-bond donors (Lipinski definition) is 1. The van der Waals surface area contributed by atoms with Crippen molar-refractivity contribution < 1.29 is 0 Å². The molecule has 0 aliphatic rings. The molecule has 0 atom stereocenters. The van der Waals surface area contributed by atoms with Crippen molar-refractivity contribution in [1.82, 2.24) is 4.57 Å². The van der Waals surface area contributed by atoms with Gasteiger partial charge in [-0.25, -0.2) is 0 Å². The molecule has 2 nitrogen and oxygen atoms in total. The number of nitrogens with one attached hydrogen (secondary N) is 1. The maximum absolute atomic E-state index is 6.09. The zero-order valence-corrected chi connectivity index (χ0v) is 16.2. The van der Waals surface area contributed by atoms with Crippen molar-refractivity contribution in [3.63, 3.8) is 0 Å². The Hall–Kier alpha value is -2.97. The van der Waals surface area contributed by atoms with Crippen molar-refractivity contribution in [2.75, 3.05) is 5.32 Å². The lowest BCUT2D eigenvalue weighted by Gasteiger charge is -2.15. The van der Waals surface area contributed by atoms with E-state index in [1.807, 2.05) is 42.5 Å². The molecule has 0 spiro atoms. The molecule has 4 aromatic rings. The lowest BCUT2D eigenvalue weighted by atomic mass is 10.0. The van der Waals surface area contributed by atoms with Crippen molar-refractivity contribution in [3.8, 4) is 16.9 Å². The van der Waals surface area contributed by atoms with Gasteiger partial charge in [-0.2, -0.15) is 0 Å². The first-order valence-corrected chi connectivity index (χ1v) is 9.36. The lowest BCUT2D eigenvalue weighted by Crippen LogP contribution is -1.99. The maximum atomic E-state index is 6.09. The van der Waals surface area contributed by atoms with E-state index in [1.165, 1.54) is 16.7 Å². The molecule has 27 heavy (non-hydrogen) atoms. The minimum atomic E-state index is 0.737. The van der Waals surface area contributed by atoms with E-state index in [1.54, 1.807) is 0 Å². The number of para-hydroxylation sites is 1. The monoisotopic (exact) mass is 372 g/mol. The summed E-state index contributed by atoms with van der Waals surface area (Å²) >= 11 is 6.09. The van der Waals surface area contributed by atoms with Gasteiger partial charge in [-0.05, 0) is 68.4 Å². The average Bonchev–Trinajstić information content (AvgIpc) is 3.06. The van der Waals surface area contributed by atoms with Gasteiger partial charge in [-0.3, -0.25) is 0 Å². The van der Waals surface area contributed by atoms with Gasteiger partial charge in [-0.15, -0.1) is 0 Å². The Balaban J connectivity index is 1.88. The topological polar surface area (TPSA) is 17.0 Å². The van der Waals surface area contributed by atoms with Crippen molar-refractivity contribution in [2.45, 2.75) is 13.8 Å². The van der Waals surface area contributed by atoms with E-state index in [4.69, 9.17) is 11.6 Å². The van der Waals surface area contributed by atoms with E-state index in [0.29, 0.717) is 0 Å². The molecule has 0 bridgehead atoms. The largest absolute Gasteiger partial charge is 0.354 e. The molecule has 4 rings (SSSR count). The van der Waals surface area contributed by atoms with Crippen molar-refractivity contribution >= 4 is 23.0 Å². The van der Waals surface area contributed by atoms with E-state index in [0.717, 1.165) is 27.8 Å². The van der Waals surface area contributed by atoms with Gasteiger partial charge in [0.1, 0.15) is 0 Å². The van der Waals surface area contributed by atoms with Crippen LogP contribution in [0.15, 0.2) is 85.1 Å². The number of benzene rings is 3. The summed E-state index contributed by atoms with van der Waals surface area (Å²) in [6, 6.07) is 26.9. The van der Waals surface area contributed by atoms with Crippen LogP contribution in [0.1, 0.15) is 11.1 Å². The van der Waals surface area contributed by atoms with Crippen molar-refractivity contribution in [2.24, 2.45) is 0 Å². The van der Waals surface area contributed by atoms with Crippen LogP contribution in [0, 0.1) is 13.8 Å². The van der Waals surface area contributed by atoms with Gasteiger partial charge in [0, 0.05) is 28.2 Å². The van der Waals surface area contributed by atoms with Crippen LogP contribution in [-0.2, 0) is 0 Å². The summed E-state index contributed by atoms with van der Waals surface area (Å²) in [6.07, 6.45) is 2.10. The van der Waals surface area contributed by atoms with Crippen LogP contribution in [-0.4, -0.2) is 4.57 Å². The fraction of sp³-hybridized carbons (Fsp3) is 0.0833. The summed E-state index contributed by atoms with van der Waals surface area (Å²) in [5.74, 6) is 0. The molecule has 0 amide bonds. The van der Waals surface area contributed by atoms with E-state index >= 15 is 0 Å². The lowest BCUT2D eigenvalue weighted by molar-refractivity contribution is 1.09. The first-order chi connectivity index (χ1) is 13.1. The molecule has 0 fully saturated rings. The third-order valence-electron chi connectivity index (χ3n) is 4.54. The second-order valence-corrected chi connectivity index (χ2v) is 7.23. The quantitative estimate of drug-likeness (QED) is 0.402. The van der Waals surface area contributed by atoms with Crippen LogP contribution in [0.4, 0.5) is 11.4 Å². The number of rotatable bonds is 4. The highest BCUT2D eigenvalue weighted by atomic mass is 35.5. The minimum Gasteiger partial charge on any atom is -0.354 e. The van der Waals surface area contributed by atoms with Gasteiger partial charge in [0.05, 0.1) is 11.4 Å². The highest BCUT2D eigenvalue weighted by Crippen LogP contribution is 2.35. The summed E-state index contributed by atoms with van der Waals surface area (Å²) in [7, 11) is 0. The summed E-state index contributed by atoms with van der Waals surface area (Å²) in [6.45, 7) is 4.27. The van der Waals surface area contributed by atoms with Crippen molar-refractivity contribution in [3.05, 3.63) is 101 Å². The Bertz CT molecular complexity index is 1040. The number of aromatic nitrogens is 1. The maximum Gasteiger partial charge on any atom is 0.0765 e. The molecule has 1 aromatic heterocycles.